The fourth-order valence-electron chi connectivity index (χ4n) is 4.45. The van der Waals surface area contributed by atoms with Gasteiger partial charge in [-0.3, -0.25) is 4.99 Å². The second kappa shape index (κ2) is 24.8. The first-order valence-corrected chi connectivity index (χ1v) is 18.4. The zero-order valence-electron chi connectivity index (χ0n) is 28.2. The van der Waals surface area contributed by atoms with Crippen LogP contribution in [0.4, 0.5) is 17.6 Å². The minimum Gasteiger partial charge on any atom is -0.396 e. The average Bonchev–Trinajstić information content (AvgIpc) is 3.78. The molecular formula is C40H43F4N2O2PS. The largest absolute Gasteiger partial charge is 0.396 e. The minimum absolute atomic E-state index is 0.000926. The molecule has 4 aromatic rings. The number of thiocarbonyl (C=S) groups is 1. The summed E-state index contributed by atoms with van der Waals surface area (Å²) < 4.78 is 51.7. The molecule has 10 heteroatoms. The Kier molecular flexibility index (Phi) is 20.7. The number of carbonyl (C=O) groups excluding carboxylic acids is 1. The zero-order valence-corrected chi connectivity index (χ0v) is 30.0. The van der Waals surface area contributed by atoms with Gasteiger partial charge in [-0.1, -0.05) is 85.0 Å². The summed E-state index contributed by atoms with van der Waals surface area (Å²) in [5.74, 6) is -0.826. The van der Waals surface area contributed by atoms with Gasteiger partial charge in [-0.05, 0) is 90.3 Å². The van der Waals surface area contributed by atoms with Gasteiger partial charge in [0.25, 0.3) is 0 Å². The van der Waals surface area contributed by atoms with Gasteiger partial charge < -0.3 is 15.2 Å². The Labute approximate surface area is 299 Å². The topological polar surface area (TPSA) is 61.7 Å². The first-order chi connectivity index (χ1) is 24.2. The molecule has 0 aromatic heterocycles. The summed E-state index contributed by atoms with van der Waals surface area (Å²) in [7, 11) is 1.08. The molecule has 0 spiro atoms. The van der Waals surface area contributed by atoms with Crippen LogP contribution in [-0.2, 0) is 30.5 Å². The van der Waals surface area contributed by atoms with E-state index < -0.39 is 0 Å². The third-order valence-corrected chi connectivity index (χ3v) is 7.15. The number of hydrogen-bond donors (Lipinski definition) is 2. The van der Waals surface area contributed by atoms with Crippen LogP contribution >= 0.6 is 20.8 Å². The van der Waals surface area contributed by atoms with E-state index in [9.17, 15) is 22.4 Å². The summed E-state index contributed by atoms with van der Waals surface area (Å²) in [6.07, 6.45) is 9.69. The average molecular weight is 723 g/mol. The van der Waals surface area contributed by atoms with Gasteiger partial charge in [0.05, 0.1) is 4.99 Å². The Balaban J connectivity index is 0.000000227. The van der Waals surface area contributed by atoms with E-state index in [0.29, 0.717) is 36.7 Å². The smallest absolute Gasteiger partial charge is 0.126 e. The molecule has 4 aromatic carbocycles. The molecule has 4 nitrogen and oxygen atoms in total. The summed E-state index contributed by atoms with van der Waals surface area (Å²) in [4.78, 5) is 14.8. The monoisotopic (exact) mass is 722 g/mol. The third kappa shape index (κ3) is 16.4. The first kappa shape index (κ1) is 41.9. The predicted octanol–water partition coefficient (Wildman–Crippen LogP) is 9.15. The Hall–Kier alpha value is -4.30. The second-order valence-electron chi connectivity index (χ2n) is 10.9. The predicted molar refractivity (Wildman–Crippen MR) is 203 cm³/mol. The summed E-state index contributed by atoms with van der Waals surface area (Å²) in [5, 5.41) is 11.4. The van der Waals surface area contributed by atoms with Crippen molar-refractivity contribution in [3.63, 3.8) is 0 Å². The van der Waals surface area contributed by atoms with Crippen molar-refractivity contribution in [3.05, 3.63) is 166 Å². The highest BCUT2D eigenvalue weighted by molar-refractivity contribution is 7.80. The lowest BCUT2D eigenvalue weighted by molar-refractivity contribution is -0.107. The number of rotatable bonds is 8. The molecular weight excluding hydrogens is 679 g/mol. The molecule has 0 aliphatic carbocycles. The van der Waals surface area contributed by atoms with Crippen molar-refractivity contribution in [3.8, 4) is 0 Å². The van der Waals surface area contributed by atoms with Crippen LogP contribution in [0.3, 0.4) is 0 Å². The van der Waals surface area contributed by atoms with E-state index in [1.807, 2.05) is 36.8 Å². The van der Waals surface area contributed by atoms with Gasteiger partial charge >= 0.3 is 0 Å². The molecule has 2 heterocycles. The van der Waals surface area contributed by atoms with Crippen molar-refractivity contribution in [2.75, 3.05) is 19.9 Å². The van der Waals surface area contributed by atoms with Crippen molar-refractivity contribution < 1.29 is 27.5 Å². The third-order valence-electron chi connectivity index (χ3n) is 6.89. The van der Waals surface area contributed by atoms with Crippen molar-refractivity contribution in [1.82, 2.24) is 5.32 Å². The van der Waals surface area contributed by atoms with E-state index in [0.717, 1.165) is 43.1 Å². The molecule has 0 bridgehead atoms. The van der Waals surface area contributed by atoms with Gasteiger partial charge in [0.15, 0.2) is 0 Å². The van der Waals surface area contributed by atoms with Crippen LogP contribution in [0.5, 0.6) is 0 Å². The van der Waals surface area contributed by atoms with Crippen molar-refractivity contribution >= 4 is 38.3 Å². The summed E-state index contributed by atoms with van der Waals surface area (Å²) in [6, 6.07) is 26.4. The number of nitrogens with one attached hydrogen (secondary N) is 1. The van der Waals surface area contributed by atoms with E-state index in [1.54, 1.807) is 54.6 Å². The number of aliphatic hydroxyl groups is 1. The van der Waals surface area contributed by atoms with Gasteiger partial charge in [0, 0.05) is 44.5 Å². The van der Waals surface area contributed by atoms with Gasteiger partial charge in [-0.25, -0.2) is 17.6 Å². The fourth-order valence-corrected chi connectivity index (χ4v) is 4.70. The van der Waals surface area contributed by atoms with Crippen LogP contribution in [0.25, 0.3) is 0 Å². The second-order valence-corrected chi connectivity index (χ2v) is 12.4. The molecule has 6 rings (SSSR count). The highest BCUT2D eigenvalue weighted by Gasteiger charge is 2.11. The first-order valence-electron chi connectivity index (χ1n) is 16.0. The van der Waals surface area contributed by atoms with Crippen LogP contribution < -0.4 is 5.32 Å². The standard InChI is InChI=1S/C11H10FNS.C11H10FN.C8H9FO.C8H7FO.C2H7P/c12-10-4-2-1-3-9(10)5-8-6-11(14)13-7-8;12-11-4-2-1-3-10(11)7-9-5-6-13-8-9;2*9-8-4-2-1-3-7(8)5-6-10;1-3-2/h1-4,7H,5-6H2,(H,13,14);1-4,6,8H,5,7H2;1-4,10H,5-6H2;1-4,6H,5H2;3H,1-2H3. The Morgan fingerprint density at radius 2 is 1.18 bits per heavy atom. The van der Waals surface area contributed by atoms with Crippen LogP contribution in [-0.4, -0.2) is 42.5 Å². The highest BCUT2D eigenvalue weighted by atomic mass is 32.1. The van der Waals surface area contributed by atoms with E-state index in [1.165, 1.54) is 29.8 Å². The number of aliphatic hydroxyl groups excluding tert-OH is 1. The molecule has 0 saturated heterocycles. The number of benzene rings is 4. The van der Waals surface area contributed by atoms with Crippen molar-refractivity contribution in [2.45, 2.75) is 38.5 Å². The number of hydrogen-bond acceptors (Lipinski definition) is 4. The van der Waals surface area contributed by atoms with Gasteiger partial charge in [0.2, 0.25) is 0 Å². The molecule has 0 fully saturated rings. The molecule has 2 N–H and O–H groups in total. The summed E-state index contributed by atoms with van der Waals surface area (Å²) in [6.45, 7) is 4.31. The molecule has 264 valence electrons. The summed E-state index contributed by atoms with van der Waals surface area (Å²) in [5.41, 5.74) is 4.82. The SMILES string of the molecule is CPC.Fc1ccccc1CC1=CN=CC1.Fc1ccccc1CC1=CNC(=S)C1.O=CCc1ccccc1F.OCCc1ccccc1F. The maximum atomic E-state index is 13.3. The Morgan fingerprint density at radius 1 is 0.740 bits per heavy atom. The lowest BCUT2D eigenvalue weighted by atomic mass is 10.0. The maximum absolute atomic E-state index is 13.3. The highest BCUT2D eigenvalue weighted by Crippen LogP contribution is 2.18. The lowest BCUT2D eigenvalue weighted by Crippen LogP contribution is -2.05. The molecule has 0 atom stereocenters. The van der Waals surface area contributed by atoms with E-state index >= 15 is 0 Å². The van der Waals surface area contributed by atoms with E-state index in [2.05, 4.69) is 23.6 Å². The van der Waals surface area contributed by atoms with Gasteiger partial charge in [0.1, 0.15) is 29.6 Å². The Bertz CT molecular complexity index is 1730. The van der Waals surface area contributed by atoms with Crippen LogP contribution in [0.1, 0.15) is 35.1 Å². The van der Waals surface area contributed by atoms with E-state index in [4.69, 9.17) is 17.3 Å². The molecule has 2 aliphatic heterocycles. The molecule has 50 heavy (non-hydrogen) atoms. The zero-order chi connectivity index (χ0) is 36.6. The molecule has 2 aliphatic rings. The van der Waals surface area contributed by atoms with Crippen LogP contribution in [0.2, 0.25) is 0 Å². The number of aldehydes is 1. The van der Waals surface area contributed by atoms with Crippen LogP contribution in [0, 0.1) is 23.3 Å². The molecule has 0 radical (unpaired) electrons. The summed E-state index contributed by atoms with van der Waals surface area (Å²) >= 11 is 4.99. The quantitative estimate of drug-likeness (QED) is 0.0825. The fraction of sp³-hybridized carbons (Fsp3) is 0.225. The molecule has 0 unspecified atom stereocenters. The van der Waals surface area contributed by atoms with Gasteiger partial charge in [-0.2, -0.15) is 0 Å². The van der Waals surface area contributed by atoms with Crippen LogP contribution in [0.15, 0.2) is 126 Å². The minimum atomic E-state index is -0.311. The number of aliphatic imine (C=N–C) groups is 1. The van der Waals surface area contributed by atoms with Gasteiger partial charge in [-0.15, -0.1) is 8.58 Å². The number of carbonyl (C=O) groups is 1. The number of halogens is 4. The maximum Gasteiger partial charge on any atom is 0.126 e. The molecule has 0 amide bonds. The molecule has 0 saturated carbocycles. The normalized spacial score (nSPS) is 12.3. The van der Waals surface area contributed by atoms with Crippen molar-refractivity contribution in [1.29, 1.82) is 0 Å². The van der Waals surface area contributed by atoms with Crippen molar-refractivity contribution in [2.24, 2.45) is 4.99 Å². The number of nitrogens with zero attached hydrogens (tertiary/aromatic N) is 1. The number of allylic oxidation sites excluding steroid dienone is 1. The lowest BCUT2D eigenvalue weighted by Gasteiger charge is -2.02. The van der Waals surface area contributed by atoms with E-state index in [-0.39, 0.29) is 36.3 Å². The Morgan fingerprint density at radius 3 is 1.56 bits per heavy atom.